The van der Waals surface area contributed by atoms with Crippen LogP contribution in [0.5, 0.6) is 5.75 Å². The Bertz CT molecular complexity index is 369. The molecule has 0 bridgehead atoms. The summed E-state index contributed by atoms with van der Waals surface area (Å²) in [6.07, 6.45) is 2.38. The molecule has 1 saturated heterocycles. The van der Waals surface area contributed by atoms with E-state index in [0.29, 0.717) is 6.04 Å². The molecule has 0 N–H and O–H groups in total. The number of rotatable bonds is 5. The van der Waals surface area contributed by atoms with Crippen LogP contribution >= 0.6 is 0 Å². The molecule has 0 aromatic heterocycles. The number of ether oxygens (including phenoxy) is 1. The van der Waals surface area contributed by atoms with E-state index in [1.54, 1.807) is 7.11 Å². The summed E-state index contributed by atoms with van der Waals surface area (Å²) in [5, 5.41) is 0. The summed E-state index contributed by atoms with van der Waals surface area (Å²) >= 11 is 0. The average Bonchev–Trinajstić information content (AvgIpc) is 2.46. The van der Waals surface area contributed by atoms with Crippen molar-refractivity contribution in [2.75, 3.05) is 40.3 Å². The van der Waals surface area contributed by atoms with Gasteiger partial charge in [-0.25, -0.2) is 0 Å². The number of methoxy groups -OCH3 is 1. The maximum Gasteiger partial charge on any atom is 0.118 e. The highest BCUT2D eigenvalue weighted by Gasteiger charge is 2.18. The maximum absolute atomic E-state index is 5.19. The molecule has 1 aliphatic heterocycles. The van der Waals surface area contributed by atoms with Gasteiger partial charge in [-0.2, -0.15) is 0 Å². The van der Waals surface area contributed by atoms with E-state index in [1.165, 1.54) is 38.2 Å². The molecule has 1 fully saturated rings. The number of benzene rings is 1. The lowest BCUT2D eigenvalue weighted by Gasteiger charge is -2.36. The number of aryl methyl sites for hydroxylation is 1. The van der Waals surface area contributed by atoms with Gasteiger partial charge in [-0.15, -0.1) is 0 Å². The highest BCUT2D eigenvalue weighted by molar-refractivity contribution is 5.27. The molecule has 1 aliphatic rings. The van der Waals surface area contributed by atoms with Gasteiger partial charge in [-0.1, -0.05) is 12.1 Å². The summed E-state index contributed by atoms with van der Waals surface area (Å²) in [4.78, 5) is 5.02. The Balaban J connectivity index is 1.77. The van der Waals surface area contributed by atoms with Crippen LogP contribution in [0.1, 0.15) is 18.9 Å². The molecule has 1 aromatic rings. The second kappa shape index (κ2) is 6.92. The lowest BCUT2D eigenvalue weighted by atomic mass is 10.0. The molecule has 2 rings (SSSR count). The van der Waals surface area contributed by atoms with E-state index < -0.39 is 0 Å². The topological polar surface area (TPSA) is 15.7 Å². The SMILES string of the molecule is COc1ccc(CCC(C)N2CCN(C)CC2)cc1. The molecule has 19 heavy (non-hydrogen) atoms. The fraction of sp³-hybridized carbons (Fsp3) is 0.625. The quantitative estimate of drug-likeness (QED) is 0.809. The first-order valence-electron chi connectivity index (χ1n) is 7.24. The highest BCUT2D eigenvalue weighted by atomic mass is 16.5. The Hall–Kier alpha value is -1.06. The van der Waals surface area contributed by atoms with Crippen LogP contribution in [-0.4, -0.2) is 56.2 Å². The van der Waals surface area contributed by atoms with Crippen LogP contribution in [0.15, 0.2) is 24.3 Å². The summed E-state index contributed by atoms with van der Waals surface area (Å²) in [5.41, 5.74) is 1.40. The minimum atomic E-state index is 0.677. The standard InChI is InChI=1S/C16H26N2O/c1-14(18-12-10-17(2)11-13-18)4-5-15-6-8-16(19-3)9-7-15/h6-9,14H,4-5,10-13H2,1-3H3. The predicted molar refractivity (Wildman–Crippen MR) is 79.8 cm³/mol. The van der Waals surface area contributed by atoms with E-state index >= 15 is 0 Å². The Morgan fingerprint density at radius 1 is 1.11 bits per heavy atom. The van der Waals surface area contributed by atoms with Crippen molar-refractivity contribution in [1.82, 2.24) is 9.80 Å². The second-order valence-corrected chi connectivity index (χ2v) is 5.58. The van der Waals surface area contributed by atoms with Crippen molar-refractivity contribution in [3.05, 3.63) is 29.8 Å². The lowest BCUT2D eigenvalue weighted by molar-refractivity contribution is 0.115. The van der Waals surface area contributed by atoms with E-state index in [4.69, 9.17) is 4.74 Å². The highest BCUT2D eigenvalue weighted by Crippen LogP contribution is 2.15. The molecule has 1 unspecified atom stereocenters. The third kappa shape index (κ3) is 4.22. The van der Waals surface area contributed by atoms with Crippen LogP contribution in [-0.2, 0) is 6.42 Å². The molecule has 0 radical (unpaired) electrons. The van der Waals surface area contributed by atoms with Crippen molar-refractivity contribution in [3.8, 4) is 5.75 Å². The largest absolute Gasteiger partial charge is 0.497 e. The van der Waals surface area contributed by atoms with Gasteiger partial charge in [0.25, 0.3) is 0 Å². The first-order valence-corrected chi connectivity index (χ1v) is 7.24. The van der Waals surface area contributed by atoms with Crippen LogP contribution in [0.3, 0.4) is 0 Å². The molecule has 3 heteroatoms. The van der Waals surface area contributed by atoms with Gasteiger partial charge in [0, 0.05) is 32.2 Å². The first kappa shape index (κ1) is 14.4. The van der Waals surface area contributed by atoms with Crippen LogP contribution in [0.2, 0.25) is 0 Å². The van der Waals surface area contributed by atoms with Gasteiger partial charge in [0.05, 0.1) is 7.11 Å². The molecule has 0 saturated carbocycles. The molecule has 0 aliphatic carbocycles. The van der Waals surface area contributed by atoms with E-state index in [9.17, 15) is 0 Å². The molecule has 1 heterocycles. The van der Waals surface area contributed by atoms with E-state index in [2.05, 4.69) is 48.0 Å². The van der Waals surface area contributed by atoms with Crippen molar-refractivity contribution in [2.24, 2.45) is 0 Å². The van der Waals surface area contributed by atoms with Gasteiger partial charge in [-0.05, 0) is 44.5 Å². The Labute approximate surface area is 117 Å². The van der Waals surface area contributed by atoms with Gasteiger partial charge in [0.15, 0.2) is 0 Å². The van der Waals surface area contributed by atoms with Crippen LogP contribution < -0.4 is 4.74 Å². The fourth-order valence-corrected chi connectivity index (χ4v) is 2.61. The normalized spacial score (nSPS) is 19.3. The average molecular weight is 262 g/mol. The van der Waals surface area contributed by atoms with Gasteiger partial charge in [-0.3, -0.25) is 4.90 Å². The molecule has 1 atom stereocenters. The zero-order valence-electron chi connectivity index (χ0n) is 12.4. The van der Waals surface area contributed by atoms with Gasteiger partial charge in [0.2, 0.25) is 0 Å². The van der Waals surface area contributed by atoms with Crippen LogP contribution in [0.25, 0.3) is 0 Å². The molecule has 1 aromatic carbocycles. The summed E-state index contributed by atoms with van der Waals surface area (Å²) in [7, 11) is 3.92. The van der Waals surface area contributed by atoms with Crippen molar-refractivity contribution in [3.63, 3.8) is 0 Å². The summed E-state index contributed by atoms with van der Waals surface area (Å²) in [5.74, 6) is 0.941. The van der Waals surface area contributed by atoms with Crippen molar-refractivity contribution in [2.45, 2.75) is 25.8 Å². The predicted octanol–water partition coefficient (Wildman–Crippen LogP) is 2.26. The fourth-order valence-electron chi connectivity index (χ4n) is 2.61. The van der Waals surface area contributed by atoms with Crippen LogP contribution in [0.4, 0.5) is 0 Å². The van der Waals surface area contributed by atoms with E-state index in [-0.39, 0.29) is 0 Å². The minimum Gasteiger partial charge on any atom is -0.497 e. The summed E-state index contributed by atoms with van der Waals surface area (Å²) < 4.78 is 5.19. The number of likely N-dealkylation sites (N-methyl/N-ethyl adjacent to an activating group) is 1. The zero-order valence-corrected chi connectivity index (χ0v) is 12.4. The summed E-state index contributed by atoms with van der Waals surface area (Å²) in [6.45, 7) is 7.18. The molecule has 0 spiro atoms. The van der Waals surface area contributed by atoms with Gasteiger partial charge < -0.3 is 9.64 Å². The van der Waals surface area contributed by atoms with E-state index in [1.807, 2.05) is 0 Å². The Morgan fingerprint density at radius 3 is 2.32 bits per heavy atom. The molecule has 106 valence electrons. The molecular weight excluding hydrogens is 236 g/mol. The molecule has 3 nitrogen and oxygen atoms in total. The maximum atomic E-state index is 5.19. The third-order valence-electron chi connectivity index (χ3n) is 4.17. The lowest BCUT2D eigenvalue weighted by Crippen LogP contribution is -2.48. The smallest absolute Gasteiger partial charge is 0.118 e. The van der Waals surface area contributed by atoms with Crippen molar-refractivity contribution >= 4 is 0 Å². The Kier molecular flexibility index (Phi) is 5.23. The number of hydrogen-bond donors (Lipinski definition) is 0. The first-order chi connectivity index (χ1) is 9.19. The van der Waals surface area contributed by atoms with Crippen molar-refractivity contribution < 1.29 is 4.74 Å². The number of piperazine rings is 1. The second-order valence-electron chi connectivity index (χ2n) is 5.58. The Morgan fingerprint density at radius 2 is 1.74 bits per heavy atom. The minimum absolute atomic E-state index is 0.677. The molecular formula is C16H26N2O. The molecule has 0 amide bonds. The van der Waals surface area contributed by atoms with Gasteiger partial charge >= 0.3 is 0 Å². The third-order valence-corrected chi connectivity index (χ3v) is 4.17. The number of hydrogen-bond acceptors (Lipinski definition) is 3. The van der Waals surface area contributed by atoms with Crippen LogP contribution in [0, 0.1) is 0 Å². The monoisotopic (exact) mass is 262 g/mol. The zero-order chi connectivity index (χ0) is 13.7. The van der Waals surface area contributed by atoms with Crippen molar-refractivity contribution in [1.29, 1.82) is 0 Å². The van der Waals surface area contributed by atoms with Gasteiger partial charge in [0.1, 0.15) is 5.75 Å². The summed E-state index contributed by atoms with van der Waals surface area (Å²) in [6, 6.07) is 9.13. The van der Waals surface area contributed by atoms with E-state index in [0.717, 1.165) is 12.2 Å². The number of nitrogens with zero attached hydrogens (tertiary/aromatic N) is 2.